The second kappa shape index (κ2) is 54.3. The van der Waals surface area contributed by atoms with Crippen LogP contribution >= 0.6 is 0 Å². The highest BCUT2D eigenvalue weighted by Gasteiger charge is 2.48. The van der Waals surface area contributed by atoms with E-state index < -0.39 is 33.8 Å². The summed E-state index contributed by atoms with van der Waals surface area (Å²) in [6.45, 7) is 14.9. The molecule has 0 aliphatic carbocycles. The van der Waals surface area contributed by atoms with Crippen LogP contribution in [0.3, 0.4) is 0 Å². The second-order valence-corrected chi connectivity index (χ2v) is 28.7. The highest BCUT2D eigenvalue weighted by atomic mass is 32.3. The highest BCUT2D eigenvalue weighted by Crippen LogP contribution is 2.47. The molecule has 0 N–H and O–H groups in total. The summed E-state index contributed by atoms with van der Waals surface area (Å²) < 4.78 is 99.7. The first-order chi connectivity index (χ1) is 42.6. The molecular weight excluding hydrogens is 1130 g/mol. The Bertz CT molecular complexity index is 2100. The minimum atomic E-state index is -5.20. The lowest BCUT2D eigenvalue weighted by molar-refractivity contribution is 0.00376. The van der Waals surface area contributed by atoms with Gasteiger partial charge in [-0.05, 0) is 62.8 Å². The number of benzene rings is 2. The smallest absolute Gasteiger partial charge is 0.490 e. The average molecular weight is 1260 g/mol. The Hall–Kier alpha value is -3.48. The van der Waals surface area contributed by atoms with Crippen LogP contribution in [-0.4, -0.2) is 65.6 Å². The Labute approximate surface area is 534 Å². The third kappa shape index (κ3) is 35.6. The van der Waals surface area contributed by atoms with Crippen molar-refractivity contribution in [2.45, 2.75) is 360 Å². The summed E-state index contributed by atoms with van der Waals surface area (Å²) in [6.07, 6.45) is 52.2. The van der Waals surface area contributed by atoms with Gasteiger partial charge in [0, 0.05) is 0 Å². The van der Waals surface area contributed by atoms with Crippen molar-refractivity contribution >= 4 is 24.1 Å². The summed E-state index contributed by atoms with van der Waals surface area (Å²) >= 11 is 0. The molecule has 2 aromatic rings. The lowest BCUT2D eigenvalue weighted by Gasteiger charge is -2.20. The van der Waals surface area contributed by atoms with E-state index in [-0.39, 0.29) is 49.4 Å². The SMILES string of the molecule is CCCCCCCCCCOc1ccc(S(=O)(=O)C(=[N+]=[N-])S(=O)(=O)c2ccc(OCCCCCCCCCC)c(OCCCCCCCCCC)c2OCCCCCCCCCC)c(OCCCCCCCCCC)c1OCCCCCCCCCC. The molecule has 0 aromatic heterocycles. The van der Waals surface area contributed by atoms with E-state index in [1.54, 1.807) is 0 Å². The molecule has 12 nitrogen and oxygen atoms in total. The van der Waals surface area contributed by atoms with Crippen LogP contribution in [0.2, 0.25) is 0 Å². The zero-order chi connectivity index (χ0) is 63.2. The lowest BCUT2D eigenvalue weighted by Crippen LogP contribution is -2.27. The van der Waals surface area contributed by atoms with Gasteiger partial charge in [-0.3, -0.25) is 0 Å². The van der Waals surface area contributed by atoms with Crippen LogP contribution in [0.5, 0.6) is 34.5 Å². The third-order valence-electron chi connectivity index (χ3n) is 16.7. The molecule has 0 aliphatic rings. The van der Waals surface area contributed by atoms with Crippen molar-refractivity contribution in [3.63, 3.8) is 0 Å². The van der Waals surface area contributed by atoms with Gasteiger partial charge in [-0.2, -0.15) is 0 Å². The van der Waals surface area contributed by atoms with Crippen LogP contribution in [0.1, 0.15) is 350 Å². The van der Waals surface area contributed by atoms with Gasteiger partial charge in [0.25, 0.3) is 19.7 Å². The van der Waals surface area contributed by atoms with E-state index in [1.165, 1.54) is 178 Å². The Balaban J connectivity index is 2.77. The molecule has 504 valence electrons. The third-order valence-corrected chi connectivity index (χ3v) is 20.9. The number of rotatable bonds is 62. The van der Waals surface area contributed by atoms with E-state index >= 15 is 16.8 Å². The summed E-state index contributed by atoms with van der Waals surface area (Å²) in [7, 11) is -10.4. The second-order valence-electron chi connectivity index (χ2n) is 24.8. The Morgan fingerprint density at radius 3 is 0.667 bits per heavy atom. The zero-order valence-corrected chi connectivity index (χ0v) is 58.4. The Morgan fingerprint density at radius 2 is 0.460 bits per heavy atom. The van der Waals surface area contributed by atoms with Crippen LogP contribution in [0.25, 0.3) is 5.53 Å². The standard InChI is InChI=1S/C73H130N2O10S2/c1-7-13-19-25-31-37-43-49-59-80-65-55-57-67(71(84-63-53-47-41-35-29-23-17-11-5)69(65)82-61-51-45-39-33-27-21-15-9-3)86(76,77)73(75-74)87(78,79)68-58-56-66(81-60-50-44-38-32-26-20-14-8-2)70(83-62-52-46-40-34-28-22-16-10-4)72(68)85-64-54-48-42-36-30-24-18-12-6/h55-58H,7-54,59-64H2,1-6H3. The normalized spacial score (nSPS) is 11.7. The molecular formula is C73H130N2O10S2. The molecule has 0 unspecified atom stereocenters. The maximum absolute atomic E-state index is 15.5. The van der Waals surface area contributed by atoms with Crippen LogP contribution < -0.4 is 28.4 Å². The van der Waals surface area contributed by atoms with Crippen molar-refractivity contribution in [1.29, 1.82) is 0 Å². The first-order valence-corrected chi connectivity index (χ1v) is 39.4. The van der Waals surface area contributed by atoms with Gasteiger partial charge in [-0.1, -0.05) is 311 Å². The molecule has 2 rings (SSSR count). The first kappa shape index (κ1) is 79.6. The molecule has 14 heteroatoms. The largest absolute Gasteiger partial charge is 0.504 e. The van der Waals surface area contributed by atoms with Crippen LogP contribution in [0, 0.1) is 0 Å². The Morgan fingerprint density at radius 1 is 0.276 bits per heavy atom. The number of unbranched alkanes of at least 4 members (excludes halogenated alkanes) is 42. The van der Waals surface area contributed by atoms with Crippen LogP contribution in [-0.2, 0) is 19.7 Å². The molecule has 0 spiro atoms. The lowest BCUT2D eigenvalue weighted by atomic mass is 10.1. The van der Waals surface area contributed by atoms with E-state index in [0.717, 1.165) is 141 Å². The fourth-order valence-corrected chi connectivity index (χ4v) is 14.7. The van der Waals surface area contributed by atoms with Gasteiger partial charge in [0.1, 0.15) is 9.79 Å². The van der Waals surface area contributed by atoms with Crippen molar-refractivity contribution in [2.24, 2.45) is 0 Å². The number of hydrogen-bond donors (Lipinski definition) is 0. The van der Waals surface area contributed by atoms with Gasteiger partial charge < -0.3 is 34.0 Å². The van der Waals surface area contributed by atoms with Gasteiger partial charge in [0.05, 0.1) is 39.6 Å². The fraction of sp³-hybridized carbons (Fsp3) is 0.822. The van der Waals surface area contributed by atoms with E-state index in [0.29, 0.717) is 37.6 Å². The van der Waals surface area contributed by atoms with Crippen LogP contribution in [0.15, 0.2) is 34.1 Å². The molecule has 0 atom stereocenters. The number of hydrogen-bond acceptors (Lipinski definition) is 10. The number of ether oxygens (including phenoxy) is 6. The summed E-state index contributed by atoms with van der Waals surface area (Å²) in [5, 5.41) is 0. The van der Waals surface area contributed by atoms with E-state index in [9.17, 15) is 5.53 Å². The maximum Gasteiger partial charge on any atom is 0.504 e. The van der Waals surface area contributed by atoms with E-state index in [4.69, 9.17) is 28.4 Å². The van der Waals surface area contributed by atoms with Crippen LogP contribution in [0.4, 0.5) is 0 Å². The molecule has 0 heterocycles. The first-order valence-electron chi connectivity index (χ1n) is 36.4. The van der Waals surface area contributed by atoms with Crippen molar-refractivity contribution in [2.75, 3.05) is 39.6 Å². The minimum absolute atomic E-state index is 0.108. The molecule has 2 aromatic carbocycles. The van der Waals surface area contributed by atoms with Gasteiger partial charge >= 0.3 is 4.38 Å². The predicted molar refractivity (Wildman–Crippen MR) is 365 cm³/mol. The molecule has 87 heavy (non-hydrogen) atoms. The summed E-state index contributed by atoms with van der Waals surface area (Å²) in [6, 6.07) is 5.68. The highest BCUT2D eigenvalue weighted by molar-refractivity contribution is 8.31. The quantitative estimate of drug-likeness (QED) is 0.0205. The number of nitrogens with zero attached hydrogens (tertiary/aromatic N) is 2. The average Bonchev–Trinajstić information content (AvgIpc) is 0.873. The minimum Gasteiger partial charge on any atom is -0.490 e. The van der Waals surface area contributed by atoms with Gasteiger partial charge in [-0.15, -0.1) is 4.79 Å². The monoisotopic (exact) mass is 1260 g/mol. The van der Waals surface area contributed by atoms with Gasteiger partial charge in [-0.25, -0.2) is 16.8 Å². The van der Waals surface area contributed by atoms with Crippen molar-refractivity contribution in [3.05, 3.63) is 29.8 Å². The van der Waals surface area contributed by atoms with Crippen molar-refractivity contribution in [1.82, 2.24) is 0 Å². The molecule has 0 saturated carbocycles. The van der Waals surface area contributed by atoms with E-state index in [2.05, 4.69) is 46.3 Å². The summed E-state index contributed by atoms with van der Waals surface area (Å²) in [4.78, 5) is 2.24. The number of sulfone groups is 2. The molecule has 0 saturated heterocycles. The van der Waals surface area contributed by atoms with Crippen molar-refractivity contribution < 1.29 is 50.0 Å². The maximum atomic E-state index is 15.5. The molecule has 0 amide bonds. The molecule has 0 bridgehead atoms. The molecule has 0 radical (unpaired) electrons. The predicted octanol–water partition coefficient (Wildman–Crippen LogP) is 22.6. The summed E-state index contributed by atoms with van der Waals surface area (Å²) in [5.74, 6) is 0.573. The molecule has 0 fully saturated rings. The fourth-order valence-electron chi connectivity index (χ4n) is 11.2. The van der Waals surface area contributed by atoms with E-state index in [1.807, 2.05) is 0 Å². The molecule has 0 aliphatic heterocycles. The zero-order valence-electron chi connectivity index (χ0n) is 56.8. The van der Waals surface area contributed by atoms with Crippen molar-refractivity contribution in [3.8, 4) is 34.5 Å². The topological polar surface area (TPSA) is 160 Å². The van der Waals surface area contributed by atoms with Gasteiger partial charge in [0.15, 0.2) is 23.0 Å². The Kier molecular flexibility index (Phi) is 49.7. The summed E-state index contributed by atoms with van der Waals surface area (Å²) in [5.41, 5.74) is 11.0. The van der Waals surface area contributed by atoms with Gasteiger partial charge in [0.2, 0.25) is 11.5 Å².